The summed E-state index contributed by atoms with van der Waals surface area (Å²) in [6.45, 7) is 2.74. The molecule has 0 amide bonds. The first-order chi connectivity index (χ1) is 8.59. The summed E-state index contributed by atoms with van der Waals surface area (Å²) < 4.78 is 5.26. The number of ether oxygens (including phenoxy) is 1. The van der Waals surface area contributed by atoms with E-state index in [4.69, 9.17) is 4.74 Å². The van der Waals surface area contributed by atoms with E-state index in [0.29, 0.717) is 24.1 Å². The number of nitrogens with one attached hydrogen (secondary N) is 1. The second-order valence-corrected chi connectivity index (χ2v) is 3.95. The van der Waals surface area contributed by atoms with Gasteiger partial charge in [-0.05, 0) is 13.8 Å². The smallest absolute Gasteiger partial charge is 0.218 e. The van der Waals surface area contributed by atoms with Crippen molar-refractivity contribution in [3.8, 4) is 5.88 Å². The van der Waals surface area contributed by atoms with E-state index in [-0.39, 0.29) is 0 Å². The Kier molecular flexibility index (Phi) is 5.26. The second-order valence-electron chi connectivity index (χ2n) is 3.95. The third kappa shape index (κ3) is 3.52. The zero-order valence-corrected chi connectivity index (χ0v) is 10.6. The summed E-state index contributed by atoms with van der Waals surface area (Å²) in [5, 5.41) is 30.5. The van der Waals surface area contributed by atoms with Crippen LogP contribution in [0.4, 0.5) is 5.82 Å². The summed E-state index contributed by atoms with van der Waals surface area (Å²) in [5.41, 5.74) is -1.22. The van der Waals surface area contributed by atoms with Crippen LogP contribution in [0.2, 0.25) is 0 Å². The highest BCUT2D eigenvalue weighted by atomic mass is 16.5. The number of anilines is 1. The third-order valence-electron chi connectivity index (χ3n) is 2.41. The molecule has 1 rings (SSSR count). The van der Waals surface area contributed by atoms with Crippen LogP contribution in [0.5, 0.6) is 5.88 Å². The third-order valence-corrected chi connectivity index (χ3v) is 2.41. The molecule has 0 saturated carbocycles. The van der Waals surface area contributed by atoms with Gasteiger partial charge in [0.1, 0.15) is 17.2 Å². The highest BCUT2D eigenvalue weighted by Crippen LogP contribution is 2.17. The van der Waals surface area contributed by atoms with Gasteiger partial charge in [0.2, 0.25) is 5.88 Å². The predicted octanol–water partition coefficient (Wildman–Crippen LogP) is -0.689. The molecule has 0 saturated heterocycles. The molecule has 4 N–H and O–H groups in total. The van der Waals surface area contributed by atoms with Crippen LogP contribution in [0.15, 0.2) is 6.07 Å². The number of aliphatic hydroxyl groups excluding tert-OH is 3. The molecule has 1 aromatic heterocycles. The van der Waals surface area contributed by atoms with E-state index < -0.39 is 25.4 Å². The van der Waals surface area contributed by atoms with Gasteiger partial charge in [0.05, 0.1) is 26.4 Å². The Morgan fingerprint density at radius 1 is 1.22 bits per heavy atom. The molecular weight excluding hydrogens is 238 g/mol. The van der Waals surface area contributed by atoms with Gasteiger partial charge in [0.15, 0.2) is 0 Å². The summed E-state index contributed by atoms with van der Waals surface area (Å²) in [6, 6.07) is 1.55. The van der Waals surface area contributed by atoms with Gasteiger partial charge >= 0.3 is 0 Å². The van der Waals surface area contributed by atoms with Crippen LogP contribution in [0.25, 0.3) is 0 Å². The minimum absolute atomic E-state index is 0.378. The van der Waals surface area contributed by atoms with Crippen molar-refractivity contribution >= 4 is 5.82 Å². The first kappa shape index (κ1) is 14.6. The molecule has 102 valence electrons. The molecule has 18 heavy (non-hydrogen) atoms. The van der Waals surface area contributed by atoms with Crippen molar-refractivity contribution in [1.29, 1.82) is 0 Å². The average molecular weight is 257 g/mol. The topological polar surface area (TPSA) is 108 Å². The second kappa shape index (κ2) is 6.48. The SMILES string of the molecule is CCOc1cc(NC(CO)(CO)CO)nc(C)n1. The summed E-state index contributed by atoms with van der Waals surface area (Å²) in [4.78, 5) is 8.18. The van der Waals surface area contributed by atoms with Crippen LogP contribution < -0.4 is 10.1 Å². The van der Waals surface area contributed by atoms with Crippen LogP contribution in [0, 0.1) is 6.92 Å². The highest BCUT2D eigenvalue weighted by Gasteiger charge is 2.28. The largest absolute Gasteiger partial charge is 0.478 e. The number of aromatic nitrogens is 2. The lowest BCUT2D eigenvalue weighted by Crippen LogP contribution is -2.49. The van der Waals surface area contributed by atoms with Gasteiger partial charge < -0.3 is 25.4 Å². The quantitative estimate of drug-likeness (QED) is 0.512. The van der Waals surface area contributed by atoms with Gasteiger partial charge in [-0.25, -0.2) is 4.98 Å². The summed E-state index contributed by atoms with van der Waals surface area (Å²) in [7, 11) is 0. The maximum atomic E-state index is 9.22. The minimum Gasteiger partial charge on any atom is -0.478 e. The molecule has 1 aromatic rings. The number of aryl methyl sites for hydroxylation is 1. The number of hydrogen-bond acceptors (Lipinski definition) is 7. The lowest BCUT2D eigenvalue weighted by Gasteiger charge is -2.29. The maximum absolute atomic E-state index is 9.22. The van der Waals surface area contributed by atoms with Crippen molar-refractivity contribution < 1.29 is 20.1 Å². The molecule has 7 nitrogen and oxygen atoms in total. The lowest BCUT2D eigenvalue weighted by molar-refractivity contribution is 0.0830. The zero-order valence-electron chi connectivity index (χ0n) is 10.6. The molecule has 0 aliphatic carbocycles. The Balaban J connectivity index is 2.95. The van der Waals surface area contributed by atoms with E-state index in [1.165, 1.54) is 0 Å². The molecule has 0 unspecified atom stereocenters. The Labute approximate surface area is 105 Å². The van der Waals surface area contributed by atoms with Crippen LogP contribution in [0.1, 0.15) is 12.7 Å². The van der Waals surface area contributed by atoms with E-state index >= 15 is 0 Å². The van der Waals surface area contributed by atoms with E-state index in [2.05, 4.69) is 15.3 Å². The predicted molar refractivity (Wildman–Crippen MR) is 65.5 cm³/mol. The van der Waals surface area contributed by atoms with Crippen molar-refractivity contribution in [2.75, 3.05) is 31.7 Å². The maximum Gasteiger partial charge on any atom is 0.218 e. The first-order valence-corrected chi connectivity index (χ1v) is 5.68. The van der Waals surface area contributed by atoms with Crippen LogP contribution >= 0.6 is 0 Å². The van der Waals surface area contributed by atoms with Crippen molar-refractivity contribution in [2.24, 2.45) is 0 Å². The molecule has 7 heteroatoms. The Morgan fingerprint density at radius 2 is 1.83 bits per heavy atom. The van der Waals surface area contributed by atoms with Gasteiger partial charge in [-0.1, -0.05) is 0 Å². The van der Waals surface area contributed by atoms with E-state index in [1.807, 2.05) is 6.92 Å². The van der Waals surface area contributed by atoms with Gasteiger partial charge in [0.25, 0.3) is 0 Å². The van der Waals surface area contributed by atoms with Crippen molar-refractivity contribution in [3.63, 3.8) is 0 Å². The zero-order chi connectivity index (χ0) is 13.6. The molecule has 0 fully saturated rings. The van der Waals surface area contributed by atoms with E-state index in [1.54, 1.807) is 13.0 Å². The van der Waals surface area contributed by atoms with E-state index in [0.717, 1.165) is 0 Å². The van der Waals surface area contributed by atoms with Crippen molar-refractivity contribution in [2.45, 2.75) is 19.4 Å². The van der Waals surface area contributed by atoms with E-state index in [9.17, 15) is 15.3 Å². The molecule has 0 bridgehead atoms. The number of rotatable bonds is 7. The highest BCUT2D eigenvalue weighted by molar-refractivity contribution is 5.41. The standard InChI is InChI=1S/C11H19N3O4/c1-3-18-10-4-9(12-8(2)13-10)14-11(5-15,6-16)7-17/h4,15-17H,3,5-7H2,1-2H3,(H,12,13,14). The van der Waals surface area contributed by atoms with Gasteiger partial charge in [-0.2, -0.15) is 4.98 Å². The molecule has 0 spiro atoms. The van der Waals surface area contributed by atoms with Crippen LogP contribution in [-0.4, -0.2) is 57.3 Å². The Hall–Kier alpha value is -1.44. The van der Waals surface area contributed by atoms with Crippen molar-refractivity contribution in [1.82, 2.24) is 9.97 Å². The number of hydrogen-bond donors (Lipinski definition) is 4. The monoisotopic (exact) mass is 257 g/mol. The molecular formula is C11H19N3O4. The Bertz CT molecular complexity index is 374. The summed E-state index contributed by atoms with van der Waals surface area (Å²) >= 11 is 0. The normalized spacial score (nSPS) is 11.4. The van der Waals surface area contributed by atoms with Crippen LogP contribution in [-0.2, 0) is 0 Å². The fourth-order valence-electron chi connectivity index (χ4n) is 1.37. The van der Waals surface area contributed by atoms with Gasteiger partial charge in [0, 0.05) is 6.07 Å². The number of aliphatic hydroxyl groups is 3. The van der Waals surface area contributed by atoms with Gasteiger partial charge in [-0.15, -0.1) is 0 Å². The lowest BCUT2D eigenvalue weighted by atomic mass is 10.0. The molecule has 0 aliphatic rings. The molecule has 0 aliphatic heterocycles. The molecule has 0 atom stereocenters. The summed E-state index contributed by atoms with van der Waals surface area (Å²) in [5.74, 6) is 1.27. The minimum atomic E-state index is -1.22. The average Bonchev–Trinajstić information content (AvgIpc) is 2.36. The fraction of sp³-hybridized carbons (Fsp3) is 0.636. The Morgan fingerprint density at radius 3 is 2.33 bits per heavy atom. The van der Waals surface area contributed by atoms with Crippen LogP contribution in [0.3, 0.4) is 0 Å². The number of nitrogens with zero attached hydrogens (tertiary/aromatic N) is 2. The van der Waals surface area contributed by atoms with Crippen molar-refractivity contribution in [3.05, 3.63) is 11.9 Å². The molecule has 0 radical (unpaired) electrons. The van der Waals surface area contributed by atoms with Gasteiger partial charge in [-0.3, -0.25) is 0 Å². The first-order valence-electron chi connectivity index (χ1n) is 5.68. The molecule has 0 aromatic carbocycles. The summed E-state index contributed by atoms with van der Waals surface area (Å²) in [6.07, 6.45) is 0. The molecule has 1 heterocycles. The fourth-order valence-corrected chi connectivity index (χ4v) is 1.37.